The quantitative estimate of drug-likeness (QED) is 0.413. The number of piperazine rings is 1. The lowest BCUT2D eigenvalue weighted by Crippen LogP contribution is -2.48. The highest BCUT2D eigenvalue weighted by Crippen LogP contribution is 2.29. The average Bonchev–Trinajstić information content (AvgIpc) is 2.85. The lowest BCUT2D eigenvalue weighted by atomic mass is 9.96. The van der Waals surface area contributed by atoms with Gasteiger partial charge in [-0.3, -0.25) is 19.8 Å². The average molecular weight is 445 g/mol. The summed E-state index contributed by atoms with van der Waals surface area (Å²) < 4.78 is 0. The van der Waals surface area contributed by atoms with Gasteiger partial charge < -0.3 is 10.2 Å². The fourth-order valence-electron chi connectivity index (χ4n) is 4.31. The molecule has 0 atom stereocenters. The molecule has 1 aliphatic rings. The molecule has 170 valence electrons. The maximum atomic E-state index is 12.4. The lowest BCUT2D eigenvalue weighted by molar-refractivity contribution is -0.384. The predicted octanol–water partition coefficient (Wildman–Crippen LogP) is 4.33. The van der Waals surface area contributed by atoms with Crippen molar-refractivity contribution in [3.05, 3.63) is 106 Å². The van der Waals surface area contributed by atoms with Crippen LogP contribution in [0.2, 0.25) is 0 Å². The third kappa shape index (κ3) is 6.03. The summed E-state index contributed by atoms with van der Waals surface area (Å²) in [7, 11) is 0. The van der Waals surface area contributed by atoms with Crippen molar-refractivity contribution >= 4 is 17.3 Å². The van der Waals surface area contributed by atoms with E-state index < -0.39 is 4.92 Å². The van der Waals surface area contributed by atoms with Gasteiger partial charge in [0.25, 0.3) is 5.69 Å². The molecule has 4 rings (SSSR count). The fourth-order valence-corrected chi connectivity index (χ4v) is 4.31. The number of non-ortho nitro benzene ring substituents is 1. The van der Waals surface area contributed by atoms with Crippen LogP contribution in [0.4, 0.5) is 11.4 Å². The van der Waals surface area contributed by atoms with Crippen molar-refractivity contribution in [2.75, 3.05) is 38.0 Å². The van der Waals surface area contributed by atoms with E-state index in [1.807, 2.05) is 12.1 Å². The molecule has 0 bridgehead atoms. The van der Waals surface area contributed by atoms with Gasteiger partial charge in [0.2, 0.25) is 5.91 Å². The summed E-state index contributed by atoms with van der Waals surface area (Å²) >= 11 is 0. The smallest absolute Gasteiger partial charge is 0.271 e. The number of nitrogens with one attached hydrogen (secondary N) is 1. The lowest BCUT2D eigenvalue weighted by Gasteiger charge is -2.39. The number of hydrogen-bond acceptors (Lipinski definition) is 5. The molecule has 33 heavy (non-hydrogen) atoms. The van der Waals surface area contributed by atoms with Crippen LogP contribution in [0, 0.1) is 10.1 Å². The first kappa shape index (κ1) is 22.6. The molecule has 0 spiro atoms. The van der Waals surface area contributed by atoms with Crippen LogP contribution in [0.5, 0.6) is 0 Å². The molecule has 1 aliphatic heterocycles. The molecule has 0 saturated carbocycles. The second kappa shape index (κ2) is 10.8. The second-order valence-electron chi connectivity index (χ2n) is 8.21. The Morgan fingerprint density at radius 1 is 0.879 bits per heavy atom. The zero-order valence-corrected chi connectivity index (χ0v) is 18.5. The molecule has 1 saturated heterocycles. The number of nitrogens with zero attached hydrogens (tertiary/aromatic N) is 3. The van der Waals surface area contributed by atoms with Crippen LogP contribution >= 0.6 is 0 Å². The topological polar surface area (TPSA) is 78.7 Å². The van der Waals surface area contributed by atoms with Gasteiger partial charge in [-0.15, -0.1) is 0 Å². The molecule has 1 N–H and O–H groups in total. The Bertz CT molecular complexity index is 1030. The first-order valence-corrected chi connectivity index (χ1v) is 11.2. The minimum Gasteiger partial charge on any atom is -0.326 e. The molecular weight excluding hydrogens is 416 g/mol. The van der Waals surface area contributed by atoms with Crippen LogP contribution in [0.15, 0.2) is 84.9 Å². The van der Waals surface area contributed by atoms with E-state index in [4.69, 9.17) is 0 Å². The van der Waals surface area contributed by atoms with Crippen molar-refractivity contribution in [2.45, 2.75) is 12.5 Å². The third-order valence-electron chi connectivity index (χ3n) is 6.00. The van der Waals surface area contributed by atoms with E-state index in [9.17, 15) is 14.9 Å². The Kier molecular flexibility index (Phi) is 7.44. The predicted molar refractivity (Wildman–Crippen MR) is 129 cm³/mol. The SMILES string of the molecule is O=C(CCN1CCN(C(c2ccccc2)c2ccccc2)CC1)Nc1cccc([N+](=O)[O-])c1. The van der Waals surface area contributed by atoms with Crippen molar-refractivity contribution in [2.24, 2.45) is 0 Å². The van der Waals surface area contributed by atoms with Gasteiger partial charge >= 0.3 is 0 Å². The maximum absolute atomic E-state index is 12.4. The van der Waals surface area contributed by atoms with E-state index in [-0.39, 0.29) is 17.6 Å². The van der Waals surface area contributed by atoms with Gasteiger partial charge in [-0.05, 0) is 17.2 Å². The van der Waals surface area contributed by atoms with E-state index >= 15 is 0 Å². The molecule has 1 heterocycles. The Labute approximate surface area is 193 Å². The summed E-state index contributed by atoms with van der Waals surface area (Å²) in [4.78, 5) is 27.6. The van der Waals surface area contributed by atoms with Crippen molar-refractivity contribution in [3.63, 3.8) is 0 Å². The minimum atomic E-state index is -0.465. The van der Waals surface area contributed by atoms with E-state index in [0.29, 0.717) is 18.7 Å². The van der Waals surface area contributed by atoms with Crippen molar-refractivity contribution in [3.8, 4) is 0 Å². The molecule has 0 radical (unpaired) electrons. The molecule has 3 aromatic rings. The fraction of sp³-hybridized carbons (Fsp3) is 0.269. The molecule has 7 nitrogen and oxygen atoms in total. The molecule has 0 aromatic heterocycles. The third-order valence-corrected chi connectivity index (χ3v) is 6.00. The number of amides is 1. The molecule has 3 aromatic carbocycles. The normalized spacial score (nSPS) is 14.8. The van der Waals surface area contributed by atoms with Crippen LogP contribution < -0.4 is 5.32 Å². The van der Waals surface area contributed by atoms with Crippen LogP contribution in [0.3, 0.4) is 0 Å². The monoisotopic (exact) mass is 444 g/mol. The number of nitro benzene ring substituents is 1. The molecule has 7 heteroatoms. The number of benzene rings is 3. The Morgan fingerprint density at radius 3 is 2.06 bits per heavy atom. The zero-order valence-electron chi connectivity index (χ0n) is 18.5. The Balaban J connectivity index is 1.31. The highest BCUT2D eigenvalue weighted by atomic mass is 16.6. The van der Waals surface area contributed by atoms with E-state index in [1.54, 1.807) is 12.1 Å². The maximum Gasteiger partial charge on any atom is 0.271 e. The zero-order chi connectivity index (χ0) is 23.0. The highest BCUT2D eigenvalue weighted by molar-refractivity contribution is 5.91. The molecule has 1 fully saturated rings. The van der Waals surface area contributed by atoms with Gasteiger partial charge in [-0.2, -0.15) is 0 Å². The second-order valence-corrected chi connectivity index (χ2v) is 8.21. The van der Waals surface area contributed by atoms with Crippen LogP contribution in [-0.4, -0.2) is 53.4 Å². The highest BCUT2D eigenvalue weighted by Gasteiger charge is 2.26. The molecule has 1 amide bonds. The van der Waals surface area contributed by atoms with E-state index in [0.717, 1.165) is 26.2 Å². The number of carbonyl (C=O) groups is 1. The van der Waals surface area contributed by atoms with Gasteiger partial charge in [0.05, 0.1) is 11.0 Å². The van der Waals surface area contributed by atoms with Gasteiger partial charge in [0, 0.05) is 57.0 Å². The summed E-state index contributed by atoms with van der Waals surface area (Å²) in [6, 6.07) is 27.4. The Hall–Kier alpha value is -3.55. The van der Waals surface area contributed by atoms with E-state index in [1.165, 1.54) is 23.3 Å². The van der Waals surface area contributed by atoms with Gasteiger partial charge in [-0.1, -0.05) is 66.7 Å². The Morgan fingerprint density at radius 2 is 1.48 bits per heavy atom. The van der Waals surface area contributed by atoms with Crippen molar-refractivity contribution < 1.29 is 9.72 Å². The summed E-state index contributed by atoms with van der Waals surface area (Å²) in [5.74, 6) is -0.135. The van der Waals surface area contributed by atoms with Crippen LogP contribution in [-0.2, 0) is 4.79 Å². The number of nitro groups is 1. The molecular formula is C26H28N4O3. The number of anilines is 1. The molecule has 0 unspecified atom stereocenters. The van der Waals surface area contributed by atoms with Gasteiger partial charge in [-0.25, -0.2) is 0 Å². The summed E-state index contributed by atoms with van der Waals surface area (Å²) in [5, 5.41) is 13.7. The summed E-state index contributed by atoms with van der Waals surface area (Å²) in [6.07, 6.45) is 0.351. The van der Waals surface area contributed by atoms with E-state index in [2.05, 4.69) is 63.6 Å². The number of carbonyl (C=O) groups excluding carboxylic acids is 1. The van der Waals surface area contributed by atoms with Gasteiger partial charge in [0.15, 0.2) is 0 Å². The standard InChI is InChI=1S/C26H28N4O3/c31-25(27-23-12-7-13-24(20-23)30(32)33)14-15-28-16-18-29(19-17-28)26(21-8-3-1-4-9-21)22-10-5-2-6-11-22/h1-13,20,26H,14-19H2,(H,27,31). The van der Waals surface area contributed by atoms with Crippen molar-refractivity contribution in [1.82, 2.24) is 9.80 Å². The summed E-state index contributed by atoms with van der Waals surface area (Å²) in [6.45, 7) is 4.28. The minimum absolute atomic E-state index is 0.0321. The van der Waals surface area contributed by atoms with Gasteiger partial charge in [0.1, 0.15) is 0 Å². The first-order chi connectivity index (χ1) is 16.1. The van der Waals surface area contributed by atoms with Crippen LogP contribution in [0.1, 0.15) is 23.6 Å². The first-order valence-electron chi connectivity index (χ1n) is 11.2. The largest absolute Gasteiger partial charge is 0.326 e. The molecule has 0 aliphatic carbocycles. The van der Waals surface area contributed by atoms with Crippen LogP contribution in [0.25, 0.3) is 0 Å². The summed E-state index contributed by atoms with van der Waals surface area (Å²) in [5.41, 5.74) is 2.99. The number of hydrogen-bond donors (Lipinski definition) is 1. The van der Waals surface area contributed by atoms with Crippen molar-refractivity contribution in [1.29, 1.82) is 0 Å². The number of rotatable bonds is 8.